The quantitative estimate of drug-likeness (QED) is 0.885. The Morgan fingerprint density at radius 2 is 2.10 bits per heavy atom. The summed E-state index contributed by atoms with van der Waals surface area (Å²) in [6.45, 7) is 2.14. The van der Waals surface area contributed by atoms with Crippen molar-refractivity contribution >= 4 is 11.6 Å². The van der Waals surface area contributed by atoms with E-state index < -0.39 is 0 Å². The SMILES string of the molecule is O=C(CC1CCCCN1)Nc1ccc2c(c1)OCCO2. The van der Waals surface area contributed by atoms with E-state index in [9.17, 15) is 4.79 Å². The van der Waals surface area contributed by atoms with Crippen LogP contribution in [0.4, 0.5) is 5.69 Å². The molecule has 2 aliphatic heterocycles. The molecule has 2 N–H and O–H groups in total. The molecule has 3 rings (SSSR count). The first-order valence-corrected chi connectivity index (χ1v) is 7.24. The number of carbonyl (C=O) groups is 1. The molecule has 1 aromatic carbocycles. The third-order valence-electron chi connectivity index (χ3n) is 3.67. The zero-order chi connectivity index (χ0) is 13.8. The number of rotatable bonds is 3. The maximum absolute atomic E-state index is 12.0. The fraction of sp³-hybridized carbons (Fsp3) is 0.533. The van der Waals surface area contributed by atoms with Gasteiger partial charge in [0.15, 0.2) is 11.5 Å². The molecule has 0 radical (unpaired) electrons. The van der Waals surface area contributed by atoms with Crippen LogP contribution in [0.3, 0.4) is 0 Å². The average molecular weight is 276 g/mol. The van der Waals surface area contributed by atoms with E-state index in [1.165, 1.54) is 12.8 Å². The summed E-state index contributed by atoms with van der Waals surface area (Å²) in [4.78, 5) is 12.0. The summed E-state index contributed by atoms with van der Waals surface area (Å²) in [7, 11) is 0. The molecule has 1 amide bonds. The Morgan fingerprint density at radius 1 is 1.25 bits per heavy atom. The van der Waals surface area contributed by atoms with Gasteiger partial charge in [-0.1, -0.05) is 6.42 Å². The highest BCUT2D eigenvalue weighted by molar-refractivity contribution is 5.91. The first-order valence-electron chi connectivity index (χ1n) is 7.24. The molecule has 5 nitrogen and oxygen atoms in total. The second kappa shape index (κ2) is 6.13. The fourth-order valence-electron chi connectivity index (χ4n) is 2.66. The lowest BCUT2D eigenvalue weighted by atomic mass is 10.0. The van der Waals surface area contributed by atoms with E-state index in [4.69, 9.17) is 9.47 Å². The van der Waals surface area contributed by atoms with Crippen molar-refractivity contribution < 1.29 is 14.3 Å². The first kappa shape index (κ1) is 13.2. The van der Waals surface area contributed by atoms with Crippen molar-refractivity contribution in [3.63, 3.8) is 0 Å². The smallest absolute Gasteiger partial charge is 0.225 e. The van der Waals surface area contributed by atoms with Gasteiger partial charge in [0.2, 0.25) is 5.91 Å². The molecular weight excluding hydrogens is 256 g/mol. The standard InChI is InChI=1S/C15H20N2O3/c18-15(10-11-3-1-2-6-16-11)17-12-4-5-13-14(9-12)20-8-7-19-13/h4-5,9,11,16H,1-3,6-8,10H2,(H,17,18). The van der Waals surface area contributed by atoms with Crippen LogP contribution in [0.15, 0.2) is 18.2 Å². The molecule has 2 heterocycles. The number of fused-ring (bicyclic) bond motifs is 1. The minimum absolute atomic E-state index is 0.0427. The normalized spacial score (nSPS) is 21.3. The summed E-state index contributed by atoms with van der Waals surface area (Å²) in [5.41, 5.74) is 0.759. The van der Waals surface area contributed by atoms with Gasteiger partial charge in [0, 0.05) is 24.2 Å². The number of carbonyl (C=O) groups excluding carboxylic acids is 1. The van der Waals surface area contributed by atoms with Crippen LogP contribution in [-0.2, 0) is 4.79 Å². The van der Waals surface area contributed by atoms with Gasteiger partial charge < -0.3 is 20.1 Å². The Balaban J connectivity index is 1.58. The van der Waals surface area contributed by atoms with Crippen LogP contribution < -0.4 is 20.1 Å². The van der Waals surface area contributed by atoms with Crippen molar-refractivity contribution in [1.82, 2.24) is 5.32 Å². The second-order valence-corrected chi connectivity index (χ2v) is 5.26. The van der Waals surface area contributed by atoms with Gasteiger partial charge in [0.05, 0.1) is 0 Å². The number of amides is 1. The molecule has 1 fully saturated rings. The predicted octanol–water partition coefficient (Wildman–Crippen LogP) is 1.93. The Morgan fingerprint density at radius 3 is 2.90 bits per heavy atom. The number of piperidine rings is 1. The van der Waals surface area contributed by atoms with Crippen LogP contribution in [0.25, 0.3) is 0 Å². The molecule has 5 heteroatoms. The third kappa shape index (κ3) is 3.22. The molecule has 0 spiro atoms. The molecule has 108 valence electrons. The Bertz CT molecular complexity index is 484. The molecule has 1 atom stereocenters. The lowest BCUT2D eigenvalue weighted by Gasteiger charge is -2.23. The molecular formula is C15H20N2O3. The van der Waals surface area contributed by atoms with E-state index in [2.05, 4.69) is 10.6 Å². The molecule has 1 unspecified atom stereocenters. The molecule has 2 aliphatic rings. The van der Waals surface area contributed by atoms with E-state index in [0.717, 1.165) is 24.4 Å². The van der Waals surface area contributed by atoms with Crippen LogP contribution in [0, 0.1) is 0 Å². The zero-order valence-corrected chi connectivity index (χ0v) is 11.5. The molecule has 0 aliphatic carbocycles. The van der Waals surface area contributed by atoms with Crippen molar-refractivity contribution in [2.24, 2.45) is 0 Å². The summed E-state index contributed by atoms with van der Waals surface area (Å²) in [5, 5.41) is 6.31. The largest absolute Gasteiger partial charge is 0.486 e. The van der Waals surface area contributed by atoms with Gasteiger partial charge in [-0.3, -0.25) is 4.79 Å². The molecule has 1 aromatic rings. The van der Waals surface area contributed by atoms with Gasteiger partial charge >= 0.3 is 0 Å². The van der Waals surface area contributed by atoms with E-state index in [0.29, 0.717) is 31.4 Å². The van der Waals surface area contributed by atoms with Crippen molar-refractivity contribution in [2.45, 2.75) is 31.7 Å². The molecule has 0 aromatic heterocycles. The summed E-state index contributed by atoms with van der Waals surface area (Å²) in [6, 6.07) is 5.81. The minimum Gasteiger partial charge on any atom is -0.486 e. The summed E-state index contributed by atoms with van der Waals surface area (Å²) in [5.74, 6) is 1.48. The number of benzene rings is 1. The van der Waals surface area contributed by atoms with Gasteiger partial charge in [0.1, 0.15) is 13.2 Å². The second-order valence-electron chi connectivity index (χ2n) is 5.26. The average Bonchev–Trinajstić information content (AvgIpc) is 2.48. The maximum atomic E-state index is 12.0. The number of hydrogen-bond donors (Lipinski definition) is 2. The van der Waals surface area contributed by atoms with Crippen molar-refractivity contribution in [2.75, 3.05) is 25.1 Å². The lowest BCUT2D eigenvalue weighted by Crippen LogP contribution is -2.36. The van der Waals surface area contributed by atoms with Crippen LogP contribution in [0.2, 0.25) is 0 Å². The topological polar surface area (TPSA) is 59.6 Å². The molecule has 0 saturated carbocycles. The summed E-state index contributed by atoms with van der Waals surface area (Å²) in [6.07, 6.45) is 4.01. The Hall–Kier alpha value is -1.75. The van der Waals surface area contributed by atoms with Crippen LogP contribution in [-0.4, -0.2) is 31.7 Å². The van der Waals surface area contributed by atoms with Crippen LogP contribution in [0.5, 0.6) is 11.5 Å². The first-order chi connectivity index (χ1) is 9.81. The Kier molecular flexibility index (Phi) is 4.06. The molecule has 1 saturated heterocycles. The maximum Gasteiger partial charge on any atom is 0.225 e. The lowest BCUT2D eigenvalue weighted by molar-refractivity contribution is -0.116. The number of nitrogens with one attached hydrogen (secondary N) is 2. The monoisotopic (exact) mass is 276 g/mol. The summed E-state index contributed by atoms with van der Waals surface area (Å²) < 4.78 is 11.0. The van der Waals surface area contributed by atoms with Gasteiger partial charge in [0.25, 0.3) is 0 Å². The van der Waals surface area contributed by atoms with E-state index in [-0.39, 0.29) is 5.91 Å². The van der Waals surface area contributed by atoms with E-state index in [1.807, 2.05) is 18.2 Å². The highest BCUT2D eigenvalue weighted by Gasteiger charge is 2.17. The van der Waals surface area contributed by atoms with Gasteiger partial charge in [-0.05, 0) is 31.5 Å². The fourth-order valence-corrected chi connectivity index (χ4v) is 2.66. The van der Waals surface area contributed by atoms with Crippen molar-refractivity contribution in [1.29, 1.82) is 0 Å². The van der Waals surface area contributed by atoms with E-state index >= 15 is 0 Å². The van der Waals surface area contributed by atoms with Crippen molar-refractivity contribution in [3.8, 4) is 11.5 Å². The zero-order valence-electron chi connectivity index (χ0n) is 11.5. The minimum atomic E-state index is 0.0427. The Labute approximate surface area is 118 Å². The van der Waals surface area contributed by atoms with Gasteiger partial charge in [-0.15, -0.1) is 0 Å². The highest BCUT2D eigenvalue weighted by atomic mass is 16.6. The number of hydrogen-bond acceptors (Lipinski definition) is 4. The van der Waals surface area contributed by atoms with Crippen LogP contribution >= 0.6 is 0 Å². The number of ether oxygens (including phenoxy) is 2. The van der Waals surface area contributed by atoms with Crippen molar-refractivity contribution in [3.05, 3.63) is 18.2 Å². The molecule has 20 heavy (non-hydrogen) atoms. The van der Waals surface area contributed by atoms with Crippen LogP contribution in [0.1, 0.15) is 25.7 Å². The predicted molar refractivity (Wildman–Crippen MR) is 76.3 cm³/mol. The van der Waals surface area contributed by atoms with Gasteiger partial charge in [-0.25, -0.2) is 0 Å². The third-order valence-corrected chi connectivity index (χ3v) is 3.67. The molecule has 0 bridgehead atoms. The summed E-state index contributed by atoms with van der Waals surface area (Å²) >= 11 is 0. The highest BCUT2D eigenvalue weighted by Crippen LogP contribution is 2.32. The number of anilines is 1. The van der Waals surface area contributed by atoms with Gasteiger partial charge in [-0.2, -0.15) is 0 Å². The van der Waals surface area contributed by atoms with E-state index in [1.54, 1.807) is 0 Å².